The number of nitrogens with zero attached hydrogens (tertiary/aromatic N) is 1. The summed E-state index contributed by atoms with van der Waals surface area (Å²) in [6, 6.07) is 11.2. The van der Waals surface area contributed by atoms with Crippen LogP contribution in [0.5, 0.6) is 5.75 Å². The maximum atomic E-state index is 12.2. The monoisotopic (exact) mass is 376 g/mol. The highest BCUT2D eigenvalue weighted by Crippen LogP contribution is 2.26. The van der Waals surface area contributed by atoms with Crippen LogP contribution in [0.15, 0.2) is 40.8 Å². The number of ether oxygens (including phenoxy) is 1. The molecule has 0 spiro atoms. The number of halogens is 1. The van der Waals surface area contributed by atoms with Gasteiger partial charge in [0.15, 0.2) is 0 Å². The Morgan fingerprint density at radius 2 is 1.96 bits per heavy atom. The second-order valence-corrected chi connectivity index (χ2v) is 7.00. The Morgan fingerprint density at radius 3 is 2.62 bits per heavy atom. The van der Waals surface area contributed by atoms with E-state index in [0.717, 1.165) is 24.6 Å². The van der Waals surface area contributed by atoms with Gasteiger partial charge in [-0.05, 0) is 69.3 Å². The molecule has 1 saturated heterocycles. The molecule has 1 unspecified atom stereocenters. The second-order valence-electron chi connectivity index (χ2n) is 6.56. The summed E-state index contributed by atoms with van der Waals surface area (Å²) in [4.78, 5) is 14.6. The highest BCUT2D eigenvalue weighted by atomic mass is 35.5. The summed E-state index contributed by atoms with van der Waals surface area (Å²) >= 11 is 5.84. The van der Waals surface area contributed by atoms with Crippen LogP contribution in [0, 0.1) is 6.92 Å². The van der Waals surface area contributed by atoms with Crippen LogP contribution < -0.4 is 10.1 Å². The molecule has 6 heteroatoms. The smallest absolute Gasteiger partial charge is 0.223 e. The number of aryl methyl sites for hydroxylation is 1. The number of furan rings is 1. The SMILES string of the molecule is Cc1ccc(C(CNC(=O)CCOc2ccc(Cl)cc2)N2CCCC2)o1. The van der Waals surface area contributed by atoms with Crippen molar-refractivity contribution in [1.29, 1.82) is 0 Å². The van der Waals surface area contributed by atoms with Gasteiger partial charge in [0.25, 0.3) is 0 Å². The lowest BCUT2D eigenvalue weighted by molar-refractivity contribution is -0.121. The van der Waals surface area contributed by atoms with Crippen molar-refractivity contribution in [1.82, 2.24) is 10.2 Å². The minimum Gasteiger partial charge on any atom is -0.493 e. The van der Waals surface area contributed by atoms with Crippen molar-refractivity contribution in [3.8, 4) is 5.75 Å². The topological polar surface area (TPSA) is 54.7 Å². The first kappa shape index (κ1) is 18.8. The minimum absolute atomic E-state index is 0.0218. The summed E-state index contributed by atoms with van der Waals surface area (Å²) in [6.07, 6.45) is 2.70. The van der Waals surface area contributed by atoms with E-state index >= 15 is 0 Å². The lowest BCUT2D eigenvalue weighted by Crippen LogP contribution is -2.37. The Hall–Kier alpha value is -1.98. The quantitative estimate of drug-likeness (QED) is 0.757. The van der Waals surface area contributed by atoms with E-state index in [2.05, 4.69) is 10.2 Å². The van der Waals surface area contributed by atoms with E-state index < -0.39 is 0 Å². The Morgan fingerprint density at radius 1 is 1.23 bits per heavy atom. The fourth-order valence-corrected chi connectivity index (χ4v) is 3.31. The number of nitrogens with one attached hydrogen (secondary N) is 1. The van der Waals surface area contributed by atoms with Gasteiger partial charge in [0.05, 0.1) is 19.1 Å². The molecule has 26 heavy (non-hydrogen) atoms. The first-order valence-electron chi connectivity index (χ1n) is 9.07. The normalized spacial score (nSPS) is 15.8. The number of carbonyl (C=O) groups is 1. The first-order valence-corrected chi connectivity index (χ1v) is 9.45. The Kier molecular flexibility index (Phi) is 6.58. The predicted molar refractivity (Wildman–Crippen MR) is 102 cm³/mol. The molecule has 0 radical (unpaired) electrons. The van der Waals surface area contributed by atoms with Crippen LogP contribution in [0.25, 0.3) is 0 Å². The van der Waals surface area contributed by atoms with Gasteiger partial charge in [-0.25, -0.2) is 0 Å². The van der Waals surface area contributed by atoms with Crippen molar-refractivity contribution in [2.75, 3.05) is 26.2 Å². The summed E-state index contributed by atoms with van der Waals surface area (Å²) in [5, 5.41) is 3.68. The largest absolute Gasteiger partial charge is 0.493 e. The predicted octanol–water partition coefficient (Wildman–Crippen LogP) is 3.96. The zero-order chi connectivity index (χ0) is 18.4. The molecular formula is C20H25ClN2O3. The fourth-order valence-electron chi connectivity index (χ4n) is 3.19. The Balaban J connectivity index is 1.47. The molecule has 140 valence electrons. The molecule has 1 aromatic heterocycles. The molecule has 1 aliphatic heterocycles. The summed E-state index contributed by atoms with van der Waals surface area (Å²) < 4.78 is 11.4. The number of carbonyl (C=O) groups excluding carboxylic acids is 1. The number of hydrogen-bond donors (Lipinski definition) is 1. The summed E-state index contributed by atoms with van der Waals surface area (Å²) in [5.74, 6) is 2.50. The molecule has 1 fully saturated rings. The van der Waals surface area contributed by atoms with Crippen molar-refractivity contribution < 1.29 is 13.9 Å². The number of rotatable bonds is 8. The van der Waals surface area contributed by atoms with Crippen LogP contribution in [0.1, 0.15) is 36.8 Å². The third-order valence-electron chi connectivity index (χ3n) is 4.58. The van der Waals surface area contributed by atoms with Crippen molar-refractivity contribution in [2.45, 2.75) is 32.2 Å². The fraction of sp³-hybridized carbons (Fsp3) is 0.450. The van der Waals surface area contributed by atoms with E-state index in [9.17, 15) is 4.79 Å². The van der Waals surface area contributed by atoms with Gasteiger partial charge in [0.1, 0.15) is 17.3 Å². The van der Waals surface area contributed by atoms with E-state index in [1.165, 1.54) is 12.8 Å². The lowest BCUT2D eigenvalue weighted by atomic mass is 10.2. The van der Waals surface area contributed by atoms with Gasteiger partial charge in [0.2, 0.25) is 5.91 Å². The molecule has 3 rings (SSSR count). The molecule has 1 N–H and O–H groups in total. The molecule has 0 bridgehead atoms. The molecule has 0 aliphatic carbocycles. The van der Waals surface area contributed by atoms with E-state index in [1.807, 2.05) is 19.1 Å². The Bertz CT molecular complexity index is 708. The maximum absolute atomic E-state index is 12.2. The summed E-state index contributed by atoms with van der Waals surface area (Å²) in [5.41, 5.74) is 0. The van der Waals surface area contributed by atoms with Gasteiger partial charge in [0, 0.05) is 11.6 Å². The third kappa shape index (κ3) is 5.26. The lowest BCUT2D eigenvalue weighted by Gasteiger charge is -2.26. The summed E-state index contributed by atoms with van der Waals surface area (Å²) in [7, 11) is 0. The molecule has 1 atom stereocenters. The molecule has 1 aliphatic rings. The van der Waals surface area contributed by atoms with Crippen LogP contribution in [-0.2, 0) is 4.79 Å². The highest BCUT2D eigenvalue weighted by Gasteiger charge is 2.26. The molecule has 0 saturated carbocycles. The van der Waals surface area contributed by atoms with E-state index in [-0.39, 0.29) is 11.9 Å². The molecular weight excluding hydrogens is 352 g/mol. The average molecular weight is 377 g/mol. The van der Waals surface area contributed by atoms with Crippen LogP contribution in [0.2, 0.25) is 5.02 Å². The third-order valence-corrected chi connectivity index (χ3v) is 4.83. The van der Waals surface area contributed by atoms with E-state index in [1.54, 1.807) is 24.3 Å². The zero-order valence-corrected chi connectivity index (χ0v) is 15.8. The average Bonchev–Trinajstić information content (AvgIpc) is 3.29. The van der Waals surface area contributed by atoms with Crippen LogP contribution in [-0.4, -0.2) is 37.0 Å². The number of hydrogen-bond acceptors (Lipinski definition) is 4. The van der Waals surface area contributed by atoms with Gasteiger partial charge in [-0.3, -0.25) is 9.69 Å². The van der Waals surface area contributed by atoms with Gasteiger partial charge < -0.3 is 14.5 Å². The second kappa shape index (κ2) is 9.10. The Labute approximate surface area is 159 Å². The number of benzene rings is 1. The maximum Gasteiger partial charge on any atom is 0.223 e. The number of likely N-dealkylation sites (tertiary alicyclic amines) is 1. The molecule has 5 nitrogen and oxygen atoms in total. The molecule has 1 aromatic carbocycles. The van der Waals surface area contributed by atoms with E-state index in [0.29, 0.717) is 30.3 Å². The zero-order valence-electron chi connectivity index (χ0n) is 15.0. The highest BCUT2D eigenvalue weighted by molar-refractivity contribution is 6.30. The van der Waals surface area contributed by atoms with Crippen LogP contribution >= 0.6 is 11.6 Å². The van der Waals surface area contributed by atoms with Crippen LogP contribution in [0.3, 0.4) is 0 Å². The van der Waals surface area contributed by atoms with Gasteiger partial charge in [-0.15, -0.1) is 0 Å². The first-order chi connectivity index (χ1) is 12.6. The molecule has 1 amide bonds. The number of amides is 1. The van der Waals surface area contributed by atoms with Crippen molar-refractivity contribution >= 4 is 17.5 Å². The van der Waals surface area contributed by atoms with Gasteiger partial charge >= 0.3 is 0 Å². The molecule has 2 aromatic rings. The van der Waals surface area contributed by atoms with Gasteiger partial charge in [-0.2, -0.15) is 0 Å². The summed E-state index contributed by atoms with van der Waals surface area (Å²) in [6.45, 7) is 4.91. The van der Waals surface area contributed by atoms with Gasteiger partial charge in [-0.1, -0.05) is 11.6 Å². The molecule has 2 heterocycles. The minimum atomic E-state index is -0.0218. The van der Waals surface area contributed by atoms with E-state index in [4.69, 9.17) is 20.8 Å². The van der Waals surface area contributed by atoms with Crippen molar-refractivity contribution in [3.63, 3.8) is 0 Å². The standard InChI is InChI=1S/C20H25ClN2O3/c1-15-4-9-19(26-15)18(23-11-2-3-12-23)14-22-20(24)10-13-25-17-7-5-16(21)6-8-17/h4-9,18H,2-3,10-14H2,1H3,(H,22,24). The van der Waals surface area contributed by atoms with Crippen molar-refractivity contribution in [2.24, 2.45) is 0 Å². The van der Waals surface area contributed by atoms with Crippen molar-refractivity contribution in [3.05, 3.63) is 52.9 Å². The van der Waals surface area contributed by atoms with Crippen LogP contribution in [0.4, 0.5) is 0 Å².